The number of pyridine rings is 1. The van der Waals surface area contributed by atoms with Crippen molar-refractivity contribution in [3.63, 3.8) is 0 Å². The van der Waals surface area contributed by atoms with Crippen LogP contribution < -0.4 is 4.74 Å². The molecular weight excluding hydrogens is 318 g/mol. The Morgan fingerprint density at radius 2 is 2.00 bits per heavy atom. The number of benzene rings is 1. The maximum Gasteiger partial charge on any atom is 0.272 e. The van der Waals surface area contributed by atoms with E-state index in [0.717, 1.165) is 11.3 Å². The van der Waals surface area contributed by atoms with Gasteiger partial charge in [0.1, 0.15) is 17.1 Å². The van der Waals surface area contributed by atoms with Crippen LogP contribution in [0.25, 0.3) is 11.3 Å². The van der Waals surface area contributed by atoms with Crippen LogP contribution in [0.2, 0.25) is 0 Å². The first-order valence-corrected chi connectivity index (χ1v) is 8.01. The van der Waals surface area contributed by atoms with Crippen molar-refractivity contribution < 1.29 is 9.53 Å². The Morgan fingerprint density at radius 3 is 2.76 bits per heavy atom. The maximum atomic E-state index is 12.5. The van der Waals surface area contributed by atoms with Crippen LogP contribution >= 0.6 is 0 Å². The van der Waals surface area contributed by atoms with Gasteiger partial charge >= 0.3 is 0 Å². The summed E-state index contributed by atoms with van der Waals surface area (Å²) in [6.07, 6.45) is 3.50. The minimum Gasteiger partial charge on any atom is -0.497 e. The molecule has 0 N–H and O–H groups in total. The number of methoxy groups -OCH3 is 1. The number of aromatic nitrogens is 4. The van der Waals surface area contributed by atoms with E-state index in [1.165, 1.54) is 0 Å². The van der Waals surface area contributed by atoms with Gasteiger partial charge in [0.05, 0.1) is 19.3 Å². The topological polar surface area (TPSA) is 73.1 Å². The van der Waals surface area contributed by atoms with Gasteiger partial charge in [-0.2, -0.15) is 0 Å². The summed E-state index contributed by atoms with van der Waals surface area (Å²) in [6, 6.07) is 13.4. The fourth-order valence-electron chi connectivity index (χ4n) is 2.80. The molecule has 126 valence electrons. The van der Waals surface area contributed by atoms with Crippen molar-refractivity contribution in [1.29, 1.82) is 0 Å². The highest BCUT2D eigenvalue weighted by atomic mass is 16.5. The van der Waals surface area contributed by atoms with E-state index in [1.54, 1.807) is 30.3 Å². The van der Waals surface area contributed by atoms with Crippen molar-refractivity contribution in [3.05, 3.63) is 60.6 Å². The number of hydrogen-bond acceptors (Lipinski definition) is 5. The summed E-state index contributed by atoms with van der Waals surface area (Å²) < 4.78 is 6.96. The zero-order chi connectivity index (χ0) is 17.2. The van der Waals surface area contributed by atoms with Crippen molar-refractivity contribution in [1.82, 2.24) is 24.9 Å². The Kier molecular flexibility index (Phi) is 3.89. The standard InChI is InChI=1S/C18H17N5O2/c1-25-15-7-8-19-16(9-15)18(24)22-10-14(11-22)23-12-17(20-21-23)13-5-3-2-4-6-13/h2-9,12,14H,10-11H2,1H3. The number of likely N-dealkylation sites (tertiary alicyclic amines) is 1. The predicted molar refractivity (Wildman–Crippen MR) is 91.2 cm³/mol. The van der Waals surface area contributed by atoms with Crippen LogP contribution in [-0.2, 0) is 0 Å². The van der Waals surface area contributed by atoms with Crippen molar-refractivity contribution in [2.75, 3.05) is 20.2 Å². The molecule has 0 unspecified atom stereocenters. The van der Waals surface area contributed by atoms with Gasteiger partial charge in [0.15, 0.2) is 0 Å². The molecule has 0 atom stereocenters. The number of rotatable bonds is 4. The van der Waals surface area contributed by atoms with Crippen molar-refractivity contribution >= 4 is 5.91 Å². The lowest BCUT2D eigenvalue weighted by molar-refractivity contribution is 0.0492. The zero-order valence-electron chi connectivity index (χ0n) is 13.7. The maximum absolute atomic E-state index is 12.5. The van der Waals surface area contributed by atoms with Crippen LogP contribution in [0.3, 0.4) is 0 Å². The molecule has 7 heteroatoms. The molecule has 4 rings (SSSR count). The average molecular weight is 335 g/mol. The highest BCUT2D eigenvalue weighted by molar-refractivity contribution is 5.93. The second kappa shape index (κ2) is 6.35. The average Bonchev–Trinajstić information content (AvgIpc) is 3.11. The van der Waals surface area contributed by atoms with Gasteiger partial charge in [0.2, 0.25) is 0 Å². The SMILES string of the molecule is COc1ccnc(C(=O)N2CC(n3cc(-c4ccccc4)nn3)C2)c1. The molecule has 7 nitrogen and oxygen atoms in total. The number of ether oxygens (including phenoxy) is 1. The second-order valence-electron chi connectivity index (χ2n) is 5.89. The molecule has 3 aromatic rings. The minimum absolute atomic E-state index is 0.0986. The summed E-state index contributed by atoms with van der Waals surface area (Å²) in [5.74, 6) is 0.526. The van der Waals surface area contributed by atoms with E-state index in [0.29, 0.717) is 24.5 Å². The summed E-state index contributed by atoms with van der Waals surface area (Å²) in [7, 11) is 1.57. The van der Waals surface area contributed by atoms with E-state index in [-0.39, 0.29) is 11.9 Å². The Bertz CT molecular complexity index is 887. The van der Waals surface area contributed by atoms with Gasteiger partial charge in [-0.25, -0.2) is 4.68 Å². The Balaban J connectivity index is 1.42. The summed E-state index contributed by atoms with van der Waals surface area (Å²) in [6.45, 7) is 1.19. The molecule has 0 radical (unpaired) electrons. The number of carbonyl (C=O) groups excluding carboxylic acids is 1. The molecule has 1 aromatic carbocycles. The summed E-state index contributed by atoms with van der Waals surface area (Å²) in [5.41, 5.74) is 2.25. The minimum atomic E-state index is -0.0986. The van der Waals surface area contributed by atoms with Crippen molar-refractivity contribution in [2.45, 2.75) is 6.04 Å². The van der Waals surface area contributed by atoms with Crippen molar-refractivity contribution in [2.24, 2.45) is 0 Å². The molecule has 1 amide bonds. The summed E-state index contributed by atoms with van der Waals surface area (Å²) in [4.78, 5) is 18.3. The highest BCUT2D eigenvalue weighted by Gasteiger charge is 2.34. The molecule has 1 fully saturated rings. The quantitative estimate of drug-likeness (QED) is 0.729. The molecule has 0 aliphatic carbocycles. The molecular formula is C18H17N5O2. The van der Waals surface area contributed by atoms with E-state index in [9.17, 15) is 4.79 Å². The van der Waals surface area contributed by atoms with Gasteiger partial charge in [-0.1, -0.05) is 35.5 Å². The fourth-order valence-corrected chi connectivity index (χ4v) is 2.80. The zero-order valence-corrected chi connectivity index (χ0v) is 13.7. The first kappa shape index (κ1) is 15.3. The van der Waals surface area contributed by atoms with Gasteiger partial charge in [-0.15, -0.1) is 5.10 Å². The largest absolute Gasteiger partial charge is 0.497 e. The van der Waals surface area contributed by atoms with E-state index < -0.39 is 0 Å². The molecule has 1 aliphatic heterocycles. The van der Waals surface area contributed by atoms with Gasteiger partial charge in [0.25, 0.3) is 5.91 Å². The summed E-state index contributed by atoms with van der Waals surface area (Å²) >= 11 is 0. The first-order chi connectivity index (χ1) is 12.2. The van der Waals surface area contributed by atoms with Gasteiger partial charge in [0, 0.05) is 30.9 Å². The molecule has 2 aromatic heterocycles. The summed E-state index contributed by atoms with van der Waals surface area (Å²) in [5, 5.41) is 8.42. The number of nitrogens with zero attached hydrogens (tertiary/aromatic N) is 5. The molecule has 1 saturated heterocycles. The Labute approximate surface area is 144 Å². The molecule has 0 bridgehead atoms. The smallest absolute Gasteiger partial charge is 0.272 e. The lowest BCUT2D eigenvalue weighted by Crippen LogP contribution is -2.51. The molecule has 3 heterocycles. The van der Waals surface area contributed by atoms with Crippen LogP contribution in [0.4, 0.5) is 0 Å². The third kappa shape index (κ3) is 2.96. The number of carbonyl (C=O) groups is 1. The molecule has 0 saturated carbocycles. The third-order valence-corrected chi connectivity index (χ3v) is 4.29. The lowest BCUT2D eigenvalue weighted by atomic mass is 10.1. The van der Waals surface area contributed by atoms with Crippen LogP contribution in [0.15, 0.2) is 54.9 Å². The molecule has 0 spiro atoms. The molecule has 25 heavy (non-hydrogen) atoms. The van der Waals surface area contributed by atoms with E-state index in [2.05, 4.69) is 15.3 Å². The van der Waals surface area contributed by atoms with E-state index in [1.807, 2.05) is 41.2 Å². The van der Waals surface area contributed by atoms with Crippen molar-refractivity contribution in [3.8, 4) is 17.0 Å². The van der Waals surface area contributed by atoms with Crippen LogP contribution in [0.5, 0.6) is 5.75 Å². The number of amides is 1. The Hall–Kier alpha value is -3.22. The highest BCUT2D eigenvalue weighted by Crippen LogP contribution is 2.25. The fraction of sp³-hybridized carbons (Fsp3) is 0.222. The van der Waals surface area contributed by atoms with Gasteiger partial charge in [-0.05, 0) is 6.07 Å². The van der Waals surface area contributed by atoms with Gasteiger partial charge < -0.3 is 9.64 Å². The normalized spacial score (nSPS) is 14.2. The Morgan fingerprint density at radius 1 is 1.20 bits per heavy atom. The van der Waals surface area contributed by atoms with Gasteiger partial charge in [-0.3, -0.25) is 9.78 Å². The third-order valence-electron chi connectivity index (χ3n) is 4.29. The van der Waals surface area contributed by atoms with Crippen LogP contribution in [0, 0.1) is 0 Å². The second-order valence-corrected chi connectivity index (χ2v) is 5.89. The van der Waals surface area contributed by atoms with E-state index in [4.69, 9.17) is 4.74 Å². The van der Waals surface area contributed by atoms with Crippen LogP contribution in [-0.4, -0.2) is 51.0 Å². The van der Waals surface area contributed by atoms with E-state index >= 15 is 0 Å². The molecule has 1 aliphatic rings. The van der Waals surface area contributed by atoms with Crippen LogP contribution in [0.1, 0.15) is 16.5 Å². The number of hydrogen-bond donors (Lipinski definition) is 0. The lowest BCUT2D eigenvalue weighted by Gasteiger charge is -2.38. The monoisotopic (exact) mass is 335 g/mol. The first-order valence-electron chi connectivity index (χ1n) is 8.01. The predicted octanol–water partition coefficient (Wildman–Crippen LogP) is 2.05.